The van der Waals surface area contributed by atoms with Crippen molar-refractivity contribution in [1.82, 2.24) is 0 Å². The fraction of sp³-hybridized carbons (Fsp3) is 0.0833. The largest absolute Gasteiger partial charge is 0.459 e. The van der Waals surface area contributed by atoms with Crippen LogP contribution in [-0.2, 0) is 0 Å². The lowest BCUT2D eigenvalue weighted by atomic mass is 10.2. The van der Waals surface area contributed by atoms with Gasteiger partial charge in [-0.15, -0.1) is 0 Å². The summed E-state index contributed by atoms with van der Waals surface area (Å²) < 4.78 is 5.50. The number of rotatable bonds is 2. The van der Waals surface area contributed by atoms with Crippen LogP contribution in [-0.4, -0.2) is 5.71 Å². The summed E-state index contributed by atoms with van der Waals surface area (Å²) in [4.78, 5) is 0. The van der Waals surface area contributed by atoms with Gasteiger partial charge in [0.15, 0.2) is 5.58 Å². The fourth-order valence-corrected chi connectivity index (χ4v) is 1.47. The van der Waals surface area contributed by atoms with Crippen molar-refractivity contribution in [1.29, 1.82) is 10.5 Å². The van der Waals surface area contributed by atoms with Crippen LogP contribution in [0.15, 0.2) is 33.8 Å². The second-order valence-corrected chi connectivity index (χ2v) is 3.38. The molecule has 5 heteroatoms. The summed E-state index contributed by atoms with van der Waals surface area (Å²) in [7, 11) is 0. The smallest absolute Gasteiger partial charge is 0.237 e. The van der Waals surface area contributed by atoms with Crippen LogP contribution >= 0.6 is 0 Å². The first kappa shape index (κ1) is 10.7. The monoisotopic (exact) mass is 224 g/mol. The van der Waals surface area contributed by atoms with Crippen molar-refractivity contribution in [2.45, 2.75) is 6.92 Å². The third-order valence-electron chi connectivity index (χ3n) is 2.17. The SMILES string of the molecule is Cc1cc2cccc(NN=C(C#N)C#N)c2o1. The van der Waals surface area contributed by atoms with E-state index in [2.05, 4.69) is 10.5 Å². The van der Waals surface area contributed by atoms with Gasteiger partial charge >= 0.3 is 0 Å². The first-order valence-electron chi connectivity index (χ1n) is 4.87. The molecule has 2 rings (SSSR count). The molecule has 82 valence electrons. The van der Waals surface area contributed by atoms with E-state index in [9.17, 15) is 0 Å². The summed E-state index contributed by atoms with van der Waals surface area (Å²) in [5, 5.41) is 21.7. The lowest BCUT2D eigenvalue weighted by molar-refractivity contribution is 0.579. The van der Waals surface area contributed by atoms with Crippen LogP contribution in [0.25, 0.3) is 11.0 Å². The van der Waals surface area contributed by atoms with Gasteiger partial charge in [0.1, 0.15) is 17.9 Å². The van der Waals surface area contributed by atoms with Crippen molar-refractivity contribution in [3.05, 3.63) is 30.0 Å². The Hall–Kier alpha value is -2.79. The molecule has 1 N–H and O–H groups in total. The Morgan fingerprint density at radius 2 is 2.12 bits per heavy atom. The van der Waals surface area contributed by atoms with Crippen molar-refractivity contribution in [2.75, 3.05) is 5.43 Å². The van der Waals surface area contributed by atoms with E-state index in [-0.39, 0.29) is 5.71 Å². The zero-order chi connectivity index (χ0) is 12.3. The Labute approximate surface area is 97.6 Å². The van der Waals surface area contributed by atoms with Crippen molar-refractivity contribution in [2.24, 2.45) is 5.10 Å². The molecule has 0 aliphatic carbocycles. The average molecular weight is 224 g/mol. The van der Waals surface area contributed by atoms with E-state index in [1.165, 1.54) is 0 Å². The van der Waals surface area contributed by atoms with E-state index in [1.807, 2.05) is 25.1 Å². The maximum atomic E-state index is 8.55. The number of para-hydroxylation sites is 1. The molecule has 0 amide bonds. The zero-order valence-electron chi connectivity index (χ0n) is 9.06. The quantitative estimate of drug-likeness (QED) is 0.627. The van der Waals surface area contributed by atoms with Gasteiger partial charge in [-0.25, -0.2) is 0 Å². The van der Waals surface area contributed by atoms with Crippen LogP contribution < -0.4 is 5.43 Å². The molecule has 17 heavy (non-hydrogen) atoms. The van der Waals surface area contributed by atoms with Crippen LogP contribution in [0, 0.1) is 29.6 Å². The molecule has 1 heterocycles. The third kappa shape index (κ3) is 2.09. The van der Waals surface area contributed by atoms with E-state index in [0.29, 0.717) is 11.3 Å². The normalized spacial score (nSPS) is 9.35. The number of anilines is 1. The first-order chi connectivity index (χ1) is 8.24. The molecule has 2 aromatic rings. The molecule has 1 aromatic carbocycles. The molecule has 0 radical (unpaired) electrons. The van der Waals surface area contributed by atoms with Gasteiger partial charge in [0.2, 0.25) is 5.71 Å². The van der Waals surface area contributed by atoms with Crippen molar-refractivity contribution < 1.29 is 4.42 Å². The summed E-state index contributed by atoms with van der Waals surface area (Å²) in [6, 6.07) is 10.8. The van der Waals surface area contributed by atoms with Crippen molar-refractivity contribution in [3.8, 4) is 12.1 Å². The van der Waals surface area contributed by atoms with Gasteiger partial charge in [-0.1, -0.05) is 12.1 Å². The van der Waals surface area contributed by atoms with Gasteiger partial charge in [-0.2, -0.15) is 15.6 Å². The molecule has 0 saturated heterocycles. The highest BCUT2D eigenvalue weighted by molar-refractivity contribution is 6.10. The first-order valence-corrected chi connectivity index (χ1v) is 4.87. The van der Waals surface area contributed by atoms with Crippen LogP contribution in [0.1, 0.15) is 5.76 Å². The third-order valence-corrected chi connectivity index (χ3v) is 2.17. The number of hydrogen-bond donors (Lipinski definition) is 1. The summed E-state index contributed by atoms with van der Waals surface area (Å²) in [6.07, 6.45) is 0. The van der Waals surface area contributed by atoms with Gasteiger partial charge < -0.3 is 4.42 Å². The second kappa shape index (κ2) is 4.38. The Morgan fingerprint density at radius 1 is 1.35 bits per heavy atom. The highest BCUT2D eigenvalue weighted by Crippen LogP contribution is 2.26. The molecule has 0 saturated carbocycles. The van der Waals surface area contributed by atoms with E-state index < -0.39 is 0 Å². The summed E-state index contributed by atoms with van der Waals surface area (Å²) in [5.74, 6) is 0.791. The summed E-state index contributed by atoms with van der Waals surface area (Å²) >= 11 is 0. The van der Waals surface area contributed by atoms with E-state index in [0.717, 1.165) is 11.1 Å². The minimum atomic E-state index is -0.231. The number of nitrogens with one attached hydrogen (secondary N) is 1. The Morgan fingerprint density at radius 3 is 2.82 bits per heavy atom. The van der Waals surface area contributed by atoms with Gasteiger partial charge in [0.25, 0.3) is 0 Å². The molecule has 0 spiro atoms. The number of furan rings is 1. The summed E-state index contributed by atoms with van der Waals surface area (Å²) in [6.45, 7) is 1.85. The van der Waals surface area contributed by atoms with Gasteiger partial charge in [-0.05, 0) is 19.1 Å². The molecule has 0 bridgehead atoms. The highest BCUT2D eigenvalue weighted by atomic mass is 16.3. The topological polar surface area (TPSA) is 85.1 Å². The number of nitriles is 2. The summed E-state index contributed by atoms with van der Waals surface area (Å²) in [5.41, 5.74) is 3.70. The van der Waals surface area contributed by atoms with E-state index >= 15 is 0 Å². The molecule has 5 nitrogen and oxygen atoms in total. The predicted molar refractivity (Wildman–Crippen MR) is 63.2 cm³/mol. The molecule has 0 aliphatic heterocycles. The number of aryl methyl sites for hydroxylation is 1. The number of benzene rings is 1. The minimum Gasteiger partial charge on any atom is -0.459 e. The van der Waals surface area contributed by atoms with Gasteiger partial charge in [0.05, 0.1) is 5.69 Å². The molecule has 0 atom stereocenters. The van der Waals surface area contributed by atoms with E-state index in [1.54, 1.807) is 18.2 Å². The zero-order valence-corrected chi connectivity index (χ0v) is 9.06. The maximum absolute atomic E-state index is 8.55. The standard InChI is InChI=1S/C12H8N4O/c1-8-5-9-3-2-4-11(12(9)17-8)16-15-10(6-13)7-14/h2-5,16H,1H3. The van der Waals surface area contributed by atoms with Crippen LogP contribution in [0.2, 0.25) is 0 Å². The molecule has 1 aromatic heterocycles. The van der Waals surface area contributed by atoms with Crippen LogP contribution in [0.5, 0.6) is 0 Å². The minimum absolute atomic E-state index is 0.231. The van der Waals surface area contributed by atoms with Gasteiger partial charge in [-0.3, -0.25) is 5.43 Å². The number of hydrazone groups is 1. The average Bonchev–Trinajstić information content (AvgIpc) is 2.71. The van der Waals surface area contributed by atoms with Crippen molar-refractivity contribution >= 4 is 22.4 Å². The van der Waals surface area contributed by atoms with Crippen LogP contribution in [0.4, 0.5) is 5.69 Å². The lowest BCUT2D eigenvalue weighted by Gasteiger charge is -1.99. The Kier molecular flexibility index (Phi) is 2.76. The highest BCUT2D eigenvalue weighted by Gasteiger charge is 2.05. The van der Waals surface area contributed by atoms with Crippen LogP contribution in [0.3, 0.4) is 0 Å². The lowest BCUT2D eigenvalue weighted by Crippen LogP contribution is -1.96. The molecule has 0 fully saturated rings. The molecule has 0 aliphatic rings. The Balaban J connectivity index is 2.41. The fourth-order valence-electron chi connectivity index (χ4n) is 1.47. The van der Waals surface area contributed by atoms with Crippen molar-refractivity contribution in [3.63, 3.8) is 0 Å². The number of fused-ring (bicyclic) bond motifs is 1. The predicted octanol–water partition coefficient (Wildman–Crippen LogP) is 2.56. The molecular weight excluding hydrogens is 216 g/mol. The Bertz CT molecular complexity index is 654. The molecular formula is C12H8N4O. The van der Waals surface area contributed by atoms with E-state index in [4.69, 9.17) is 14.9 Å². The van der Waals surface area contributed by atoms with Gasteiger partial charge in [0, 0.05) is 5.39 Å². The number of hydrogen-bond acceptors (Lipinski definition) is 5. The molecule has 0 unspecified atom stereocenters. The maximum Gasteiger partial charge on any atom is 0.237 e. The second-order valence-electron chi connectivity index (χ2n) is 3.38. The number of nitrogens with zero attached hydrogens (tertiary/aromatic N) is 3.